The van der Waals surface area contributed by atoms with Gasteiger partial charge in [-0.25, -0.2) is 9.97 Å². The minimum absolute atomic E-state index is 0.194. The first-order chi connectivity index (χ1) is 14.8. The van der Waals surface area contributed by atoms with Crippen LogP contribution in [0.25, 0.3) is 11.3 Å². The Bertz CT molecular complexity index is 1070. The maximum Gasteiger partial charge on any atom is 0.418 e. The van der Waals surface area contributed by atoms with Crippen molar-refractivity contribution in [3.63, 3.8) is 0 Å². The number of aromatic nitrogens is 2. The Labute approximate surface area is 183 Å². The fraction of sp³-hybridized carbons (Fsp3) is 0.273. The molecule has 1 fully saturated rings. The summed E-state index contributed by atoms with van der Waals surface area (Å²) in [7, 11) is 1.96. The van der Waals surface area contributed by atoms with Crippen LogP contribution in [0.3, 0.4) is 0 Å². The van der Waals surface area contributed by atoms with Crippen LogP contribution in [-0.4, -0.2) is 48.1 Å². The van der Waals surface area contributed by atoms with E-state index < -0.39 is 11.7 Å². The SMILES string of the molecule is CN1CCN(c2ccc(Nc3nccc(-c4cccc(Cl)c4)n3)cc2C(F)(F)F)CC1. The molecule has 162 valence electrons. The van der Waals surface area contributed by atoms with Crippen molar-refractivity contribution in [1.82, 2.24) is 14.9 Å². The largest absolute Gasteiger partial charge is 0.418 e. The first-order valence-electron chi connectivity index (χ1n) is 9.80. The molecule has 1 aliphatic heterocycles. The molecule has 0 unspecified atom stereocenters. The van der Waals surface area contributed by atoms with Gasteiger partial charge >= 0.3 is 6.18 Å². The number of nitrogens with zero attached hydrogens (tertiary/aromatic N) is 4. The quantitative estimate of drug-likeness (QED) is 0.587. The van der Waals surface area contributed by atoms with E-state index in [1.54, 1.807) is 41.4 Å². The molecule has 0 bridgehead atoms. The summed E-state index contributed by atoms with van der Waals surface area (Å²) >= 11 is 6.04. The molecular formula is C22H21ClF3N5. The third-order valence-corrected chi connectivity index (χ3v) is 5.41. The van der Waals surface area contributed by atoms with Crippen LogP contribution < -0.4 is 10.2 Å². The monoisotopic (exact) mass is 447 g/mol. The third kappa shape index (κ3) is 5.08. The number of likely N-dealkylation sites (N-methyl/N-ethyl adjacent to an activating group) is 1. The van der Waals surface area contributed by atoms with Crippen molar-refractivity contribution >= 4 is 28.9 Å². The molecule has 2 aromatic carbocycles. The van der Waals surface area contributed by atoms with Crippen molar-refractivity contribution in [2.75, 3.05) is 43.4 Å². The summed E-state index contributed by atoms with van der Waals surface area (Å²) in [4.78, 5) is 12.4. The van der Waals surface area contributed by atoms with Crippen LogP contribution in [0.5, 0.6) is 0 Å². The Morgan fingerprint density at radius 2 is 1.77 bits per heavy atom. The Balaban J connectivity index is 1.61. The van der Waals surface area contributed by atoms with Gasteiger partial charge in [0.2, 0.25) is 5.95 Å². The zero-order valence-corrected chi connectivity index (χ0v) is 17.6. The van der Waals surface area contributed by atoms with Gasteiger partial charge < -0.3 is 15.1 Å². The first kappa shape index (κ1) is 21.4. The minimum Gasteiger partial charge on any atom is -0.368 e. The predicted octanol–water partition coefficient (Wildman–Crippen LogP) is 5.31. The Hall–Kier alpha value is -2.84. The number of hydrogen-bond donors (Lipinski definition) is 1. The van der Waals surface area contributed by atoms with Crippen LogP contribution >= 0.6 is 11.6 Å². The predicted molar refractivity (Wildman–Crippen MR) is 117 cm³/mol. The number of halogens is 4. The van der Waals surface area contributed by atoms with Crippen molar-refractivity contribution in [1.29, 1.82) is 0 Å². The van der Waals surface area contributed by atoms with Crippen LogP contribution in [0.4, 0.5) is 30.5 Å². The molecule has 0 amide bonds. The second kappa shape index (κ2) is 8.72. The molecule has 0 radical (unpaired) electrons. The van der Waals surface area contributed by atoms with Gasteiger partial charge in [0, 0.05) is 54.3 Å². The zero-order valence-electron chi connectivity index (χ0n) is 16.8. The van der Waals surface area contributed by atoms with E-state index in [-0.39, 0.29) is 17.3 Å². The highest BCUT2D eigenvalue weighted by Crippen LogP contribution is 2.39. The lowest BCUT2D eigenvalue weighted by Gasteiger charge is -2.35. The Morgan fingerprint density at radius 3 is 2.48 bits per heavy atom. The van der Waals surface area contributed by atoms with E-state index in [2.05, 4.69) is 20.2 Å². The number of hydrogen-bond acceptors (Lipinski definition) is 5. The van der Waals surface area contributed by atoms with Crippen LogP contribution in [0.1, 0.15) is 5.56 Å². The molecule has 2 heterocycles. The first-order valence-corrected chi connectivity index (χ1v) is 10.2. The maximum atomic E-state index is 13.8. The van der Waals surface area contributed by atoms with Crippen molar-refractivity contribution in [2.45, 2.75) is 6.18 Å². The minimum atomic E-state index is -4.47. The van der Waals surface area contributed by atoms with Gasteiger partial charge in [-0.1, -0.05) is 23.7 Å². The lowest BCUT2D eigenvalue weighted by molar-refractivity contribution is -0.137. The summed E-state index contributed by atoms with van der Waals surface area (Å²) in [5.41, 5.74) is 1.20. The average Bonchev–Trinajstić information content (AvgIpc) is 2.74. The van der Waals surface area contributed by atoms with Gasteiger partial charge in [0.1, 0.15) is 0 Å². The topological polar surface area (TPSA) is 44.3 Å². The number of piperazine rings is 1. The van der Waals surface area contributed by atoms with Crippen LogP contribution in [0, 0.1) is 0 Å². The number of alkyl halides is 3. The third-order valence-electron chi connectivity index (χ3n) is 5.18. The van der Waals surface area contributed by atoms with Gasteiger partial charge in [0.05, 0.1) is 11.3 Å². The summed E-state index contributed by atoms with van der Waals surface area (Å²) in [5.74, 6) is 0.206. The van der Waals surface area contributed by atoms with Gasteiger partial charge in [-0.3, -0.25) is 0 Å². The van der Waals surface area contributed by atoms with Gasteiger partial charge in [-0.05, 0) is 43.4 Å². The second-order valence-corrected chi connectivity index (χ2v) is 7.86. The molecule has 3 aromatic rings. The standard InChI is InChI=1S/C22H21ClF3N5/c1-30-9-11-31(12-10-30)20-6-5-17(14-18(20)22(24,25)26)28-21-27-8-7-19(29-21)15-3-2-4-16(23)13-15/h2-8,13-14H,9-12H2,1H3,(H,27,28,29). The van der Waals surface area contributed by atoms with Crippen molar-refractivity contribution < 1.29 is 13.2 Å². The van der Waals surface area contributed by atoms with E-state index in [1.165, 1.54) is 6.07 Å². The van der Waals surface area contributed by atoms with Gasteiger partial charge in [-0.15, -0.1) is 0 Å². The summed E-state index contributed by atoms with van der Waals surface area (Å²) in [6.07, 6.45) is -2.92. The summed E-state index contributed by atoms with van der Waals surface area (Å²) in [6, 6.07) is 13.1. The molecule has 0 atom stereocenters. The summed E-state index contributed by atoms with van der Waals surface area (Å²) in [5, 5.41) is 3.47. The molecule has 0 aliphatic carbocycles. The van der Waals surface area contributed by atoms with Crippen LogP contribution in [-0.2, 0) is 6.18 Å². The normalized spacial score (nSPS) is 15.2. The number of anilines is 3. The molecule has 1 aromatic heterocycles. The molecule has 1 aliphatic rings. The molecule has 0 spiro atoms. The van der Waals surface area contributed by atoms with Gasteiger partial charge in [0.25, 0.3) is 0 Å². The lowest BCUT2D eigenvalue weighted by Crippen LogP contribution is -2.45. The number of benzene rings is 2. The molecule has 1 saturated heterocycles. The van der Waals surface area contributed by atoms with Crippen LogP contribution in [0.15, 0.2) is 54.7 Å². The number of nitrogens with one attached hydrogen (secondary N) is 1. The van der Waals surface area contributed by atoms with Crippen LogP contribution in [0.2, 0.25) is 5.02 Å². The molecular weight excluding hydrogens is 427 g/mol. The van der Waals surface area contributed by atoms with E-state index in [9.17, 15) is 13.2 Å². The zero-order chi connectivity index (χ0) is 22.0. The fourth-order valence-electron chi connectivity index (χ4n) is 3.52. The smallest absolute Gasteiger partial charge is 0.368 e. The summed E-state index contributed by atoms with van der Waals surface area (Å²) < 4.78 is 41.4. The molecule has 9 heteroatoms. The highest BCUT2D eigenvalue weighted by Gasteiger charge is 2.35. The number of rotatable bonds is 4. The molecule has 1 N–H and O–H groups in total. The average molecular weight is 448 g/mol. The Kier molecular flexibility index (Phi) is 6.02. The van der Waals surface area contributed by atoms with Crippen molar-refractivity contribution in [3.05, 3.63) is 65.3 Å². The second-order valence-electron chi connectivity index (χ2n) is 7.42. The lowest BCUT2D eigenvalue weighted by atomic mass is 10.1. The summed E-state index contributed by atoms with van der Waals surface area (Å²) in [6.45, 7) is 2.55. The molecule has 4 rings (SSSR count). The maximum absolute atomic E-state index is 13.8. The van der Waals surface area contributed by atoms with E-state index in [0.717, 1.165) is 24.7 Å². The van der Waals surface area contributed by atoms with E-state index in [4.69, 9.17) is 11.6 Å². The van der Waals surface area contributed by atoms with E-state index >= 15 is 0 Å². The van der Waals surface area contributed by atoms with Gasteiger partial charge in [0.15, 0.2) is 0 Å². The van der Waals surface area contributed by atoms with E-state index in [0.29, 0.717) is 23.8 Å². The molecule has 31 heavy (non-hydrogen) atoms. The van der Waals surface area contributed by atoms with Crippen molar-refractivity contribution in [2.24, 2.45) is 0 Å². The van der Waals surface area contributed by atoms with Gasteiger partial charge in [-0.2, -0.15) is 13.2 Å². The fourth-order valence-corrected chi connectivity index (χ4v) is 3.71. The highest BCUT2D eigenvalue weighted by atomic mass is 35.5. The Morgan fingerprint density at radius 1 is 1.00 bits per heavy atom. The molecule has 5 nitrogen and oxygen atoms in total. The van der Waals surface area contributed by atoms with Crippen molar-refractivity contribution in [3.8, 4) is 11.3 Å². The molecule has 0 saturated carbocycles. The highest BCUT2D eigenvalue weighted by molar-refractivity contribution is 6.30. The van der Waals surface area contributed by atoms with E-state index in [1.807, 2.05) is 13.1 Å².